The summed E-state index contributed by atoms with van der Waals surface area (Å²) in [5.74, 6) is -10.4. The number of anilines is 12. The first kappa shape index (κ1) is 97.0. The van der Waals surface area contributed by atoms with Crippen molar-refractivity contribution in [3.8, 4) is 56.4 Å². The molecule has 2 aliphatic carbocycles. The highest BCUT2D eigenvalue weighted by Gasteiger charge is 2.34. The molecule has 684 valence electrons. The Bertz CT molecular complexity index is 6440. The van der Waals surface area contributed by atoms with Crippen LogP contribution in [0.5, 0.6) is 11.5 Å². The molecule has 15 rings (SSSR count). The van der Waals surface area contributed by atoms with Gasteiger partial charge in [-0.2, -0.15) is 64.9 Å². The number of benzene rings is 6. The van der Waals surface area contributed by atoms with Crippen LogP contribution in [0.2, 0.25) is 0 Å². The van der Waals surface area contributed by atoms with E-state index in [1.165, 1.54) is 48.5 Å². The molecule has 3 fully saturated rings. The van der Waals surface area contributed by atoms with Crippen molar-refractivity contribution in [1.82, 2.24) is 75.3 Å². The fraction of sp³-hybridized carbons (Fsp3) is 0.179. The summed E-state index contributed by atoms with van der Waals surface area (Å²) in [7, 11) is 0. The average molecular weight is 1820 g/mol. The molecular weight excluding hydrogens is 1750 g/mol. The molecule has 4 aromatic heterocycles. The summed E-state index contributed by atoms with van der Waals surface area (Å²) in [4.78, 5) is 228. The lowest BCUT2D eigenvalue weighted by molar-refractivity contribution is -0.197. The van der Waals surface area contributed by atoms with Crippen molar-refractivity contribution < 1.29 is 116 Å². The fourth-order valence-electron chi connectivity index (χ4n) is 11.8. The molecule has 5 aliphatic heterocycles. The lowest BCUT2D eigenvalue weighted by Crippen LogP contribution is -2.32. The van der Waals surface area contributed by atoms with E-state index in [0.717, 1.165) is 0 Å². The molecule has 54 heteroatoms. The second kappa shape index (κ2) is 44.2. The highest BCUT2D eigenvalue weighted by Crippen LogP contribution is 2.45. The molecule has 9 heterocycles. The smallest absolute Gasteiger partial charge is 0.336 e. The van der Waals surface area contributed by atoms with Crippen molar-refractivity contribution >= 4 is 176 Å². The van der Waals surface area contributed by atoms with E-state index in [9.17, 15) is 97.1 Å². The van der Waals surface area contributed by atoms with Crippen molar-refractivity contribution in [3.63, 3.8) is 0 Å². The summed E-state index contributed by atoms with van der Waals surface area (Å²) < 4.78 is 16.0. The highest BCUT2D eigenvalue weighted by molar-refractivity contribution is 6.10. The molecule has 8 aromatic rings. The van der Waals surface area contributed by atoms with Gasteiger partial charge in [-0.25, -0.2) is 14.4 Å². The molecule has 30 N–H and O–H groups in total. The Morgan fingerprint density at radius 2 is 0.735 bits per heavy atom. The first-order valence-corrected chi connectivity index (χ1v) is 38.0. The van der Waals surface area contributed by atoms with Gasteiger partial charge in [-0.1, -0.05) is 36.4 Å². The highest BCUT2D eigenvalue weighted by atomic mass is 16.7. The third-order valence-corrected chi connectivity index (χ3v) is 17.5. The maximum Gasteiger partial charge on any atom is 0.336 e. The molecule has 132 heavy (non-hydrogen) atoms. The van der Waals surface area contributed by atoms with Crippen molar-refractivity contribution in [3.05, 3.63) is 152 Å². The molecular formula is C78H76N28O26. The second-order valence-electron chi connectivity index (χ2n) is 26.9. The Morgan fingerprint density at radius 1 is 0.394 bits per heavy atom. The van der Waals surface area contributed by atoms with Gasteiger partial charge in [0.1, 0.15) is 34.2 Å². The van der Waals surface area contributed by atoms with E-state index < -0.39 is 83.1 Å². The van der Waals surface area contributed by atoms with Crippen LogP contribution in [-0.4, -0.2) is 184 Å². The van der Waals surface area contributed by atoms with Gasteiger partial charge >= 0.3 is 35.8 Å². The SMILES string of the molecule is NCc1c(O)ccc2c(-c3ccccc3C(=O)O)c3ccc(=O)cc-3oc12.Nc1nc(N)nc(N)n1.Nc1nc(N)nc(NC(=O)CCC(=O)NCc2c(O)ccc3c(-c4ccccc4C(=O)O)c4ccc(=O)cc-4oc23)n1.Nc1nc(N)nc(NC(=O)CCC(=O)O)n1.Nc1nc(N)nc(NC(=O)CCC(=O)ON2C(=O)CCC2=O)n1.O=C1CCC(=O)N1O.O=C1CCC(=O)O1. The normalized spacial score (nSPS) is 12.3. The number of aromatic carboxylic acids is 2. The van der Waals surface area contributed by atoms with E-state index in [1.54, 1.807) is 60.7 Å². The number of esters is 2. The number of nitrogen functional groups attached to an aromatic ring is 9. The number of hydrogen-bond donors (Lipinski definition) is 20. The van der Waals surface area contributed by atoms with Crippen LogP contribution in [0.3, 0.4) is 0 Å². The maximum absolute atomic E-state index is 12.6. The lowest BCUT2D eigenvalue weighted by Gasteiger charge is -2.19. The predicted molar refractivity (Wildman–Crippen MR) is 457 cm³/mol. The number of carboxylic acid groups (broad SMARTS) is 3. The van der Waals surface area contributed by atoms with Crippen molar-refractivity contribution in [2.45, 2.75) is 90.1 Å². The first-order valence-electron chi connectivity index (χ1n) is 38.0. The van der Waals surface area contributed by atoms with Crippen LogP contribution in [0.25, 0.3) is 66.8 Å². The molecule has 4 aromatic carbocycles. The number of phenolic OH excluding ortho intramolecular Hbond substituents is 2. The van der Waals surface area contributed by atoms with Crippen LogP contribution in [0.4, 0.5) is 71.4 Å². The van der Waals surface area contributed by atoms with Crippen LogP contribution >= 0.6 is 0 Å². The van der Waals surface area contributed by atoms with Crippen LogP contribution < -0.4 is 89.5 Å². The standard InChI is InChI=1S/C28H23N7O7.C21H15NO5.C11H13N7O5.C7H10N6O3.C4H5NO3.C4H4O3.C3H6N6/c29-26-33-27(30)35-28(34-26)32-22(39)10-9-21(38)31-12-18-19(37)8-7-17-23(14-3-1-2-4-15(14)25(40)41)16-6-5-13(36)11-20(16)42-24(17)18;22-10-16-17(24)8-7-15-19(12-3-1-2-4-13(12)21(25)26)14-6-5-11(23)9-18(14)27-20(15)16;12-9-15-10(13)17-11(16-9)14-5(19)1-4-8(22)23-18-6(20)2-3-7(18)21;8-5-11-6(9)13-7(12-5)10-3(14)1-2-4(15)16;6-3-1-2-4(7)5(3)8;5-3-1-2-4(6)7-3;4-1-7-2(5)9-3(6)8-1/h1-8,11,37H,9-10,12H2,(H,31,38)(H,40,41)(H5,29,30,32,33,34,35,39);1-9,24H,10,22H2,(H,25,26);1-4H2,(H5,12,13,14,15,16,17,19);1-2H2,(H,15,16)(H5,8,9,10,11,12,13,14);8H,1-2H2;1-2H2;(H6,4,5,6,7,8,9). The largest absolute Gasteiger partial charge is 0.507 e. The number of aromatic nitrogens is 12. The number of nitrogens with one attached hydrogen (secondary N) is 4. The number of phenols is 2. The van der Waals surface area contributed by atoms with E-state index in [-0.39, 0.29) is 217 Å². The number of nitrogens with zero attached hydrogens (tertiary/aromatic N) is 14. The molecule has 0 saturated carbocycles. The molecule has 0 atom stereocenters. The maximum atomic E-state index is 12.6. The van der Waals surface area contributed by atoms with Gasteiger partial charge < -0.3 is 107 Å². The number of nitrogens with two attached hydrogens (primary N) is 10. The second-order valence-corrected chi connectivity index (χ2v) is 26.9. The number of aromatic hydroxyl groups is 2. The van der Waals surface area contributed by atoms with E-state index in [2.05, 4.69) is 90.6 Å². The van der Waals surface area contributed by atoms with Crippen molar-refractivity contribution in [2.24, 2.45) is 5.73 Å². The third-order valence-electron chi connectivity index (χ3n) is 17.5. The number of fused-ring (bicyclic) bond motifs is 4. The van der Waals surface area contributed by atoms with E-state index in [0.29, 0.717) is 66.1 Å². The zero-order valence-corrected chi connectivity index (χ0v) is 68.2. The van der Waals surface area contributed by atoms with Gasteiger partial charge in [-0.05, 0) is 71.8 Å². The zero-order chi connectivity index (χ0) is 96.5. The Balaban J connectivity index is 0.000000189. The van der Waals surface area contributed by atoms with Crippen molar-refractivity contribution in [1.29, 1.82) is 0 Å². The van der Waals surface area contributed by atoms with Crippen LogP contribution in [0.1, 0.15) is 109 Å². The summed E-state index contributed by atoms with van der Waals surface area (Å²) in [6.45, 7) is -0.175. The number of amides is 8. The number of carboxylic acids is 3. The first-order chi connectivity index (χ1) is 62.6. The van der Waals surface area contributed by atoms with Gasteiger partial charge in [0.15, 0.2) is 10.9 Å². The summed E-state index contributed by atoms with van der Waals surface area (Å²) in [5, 5.41) is 68.3. The molecule has 0 spiro atoms. The molecule has 0 unspecified atom stereocenters. The van der Waals surface area contributed by atoms with Gasteiger partial charge in [0, 0.05) is 103 Å². The molecule has 3 saturated heterocycles. The Hall–Kier alpha value is -18.8. The Morgan fingerprint density at radius 3 is 1.08 bits per heavy atom. The van der Waals surface area contributed by atoms with Crippen LogP contribution in [0.15, 0.2) is 128 Å². The number of hydroxylamine groups is 4. The molecule has 8 amide bonds. The summed E-state index contributed by atoms with van der Waals surface area (Å²) in [6, 6.07) is 27.7. The molecule has 0 radical (unpaired) electrons. The topological polar surface area (TPSA) is 909 Å². The Kier molecular flexibility index (Phi) is 32.5. The third kappa shape index (κ3) is 26.9. The fourth-order valence-corrected chi connectivity index (χ4v) is 11.8. The van der Waals surface area contributed by atoms with Gasteiger partial charge in [-0.15, -0.1) is 5.06 Å². The van der Waals surface area contributed by atoms with Gasteiger partial charge in [0.05, 0.1) is 54.5 Å². The number of ether oxygens (including phenoxy) is 1. The number of rotatable bonds is 20. The number of carbonyl (C=O) groups is 14. The predicted octanol–water partition coefficient (Wildman–Crippen LogP) is 0.974. The van der Waals surface area contributed by atoms with Crippen molar-refractivity contribution in [2.75, 3.05) is 67.6 Å². The number of hydrogen-bond acceptors (Lipinski definition) is 45. The number of carbonyl (C=O) groups excluding carboxylic acids is 11. The zero-order valence-electron chi connectivity index (χ0n) is 68.2. The number of cyclic esters (lactones) is 2. The minimum absolute atomic E-state index is 0.00513. The average Bonchev–Trinajstić information content (AvgIpc) is 0.828. The summed E-state index contributed by atoms with van der Waals surface area (Å²) in [6.07, 6.45) is -0.714. The summed E-state index contributed by atoms with van der Waals surface area (Å²) >= 11 is 0. The van der Waals surface area contributed by atoms with Gasteiger partial charge in [-0.3, -0.25) is 83.5 Å². The lowest BCUT2D eigenvalue weighted by atomic mass is 9.90. The van der Waals surface area contributed by atoms with Gasteiger partial charge in [0.25, 0.3) is 23.6 Å². The van der Waals surface area contributed by atoms with E-state index >= 15 is 0 Å². The number of imide groups is 2. The van der Waals surface area contributed by atoms with Crippen LogP contribution in [0, 0.1) is 0 Å². The minimum Gasteiger partial charge on any atom is -0.507 e. The van der Waals surface area contributed by atoms with E-state index in [4.69, 9.17) is 76.5 Å². The molecule has 54 nitrogen and oxygen atoms in total. The van der Waals surface area contributed by atoms with Gasteiger partial charge in [0.2, 0.25) is 95.0 Å². The Labute approximate surface area is 736 Å². The minimum atomic E-state index is -1.15. The summed E-state index contributed by atoms with van der Waals surface area (Å²) in [5.41, 5.74) is 57.0. The number of aliphatic carboxylic acids is 1. The molecule has 0 bridgehead atoms. The van der Waals surface area contributed by atoms with Crippen LogP contribution in [-0.2, 0) is 80.2 Å². The molecule has 7 aliphatic rings. The monoisotopic (exact) mass is 1820 g/mol. The van der Waals surface area contributed by atoms with E-state index in [1.807, 2.05) is 0 Å². The quantitative estimate of drug-likeness (QED) is 0.0166.